The van der Waals surface area contributed by atoms with Crippen molar-refractivity contribution in [1.29, 1.82) is 0 Å². The SMILES string of the molecule is CC(C)NC(=O)[C@@]1(Cc2cccc(-c3cccnc3)c2)CCN(Cc2cccs2)C1. The first-order chi connectivity index (χ1) is 14.5. The summed E-state index contributed by atoms with van der Waals surface area (Å²) in [5.41, 5.74) is 3.06. The number of carbonyl (C=O) groups excluding carboxylic acids is 1. The Kier molecular flexibility index (Phi) is 6.30. The van der Waals surface area contributed by atoms with Crippen molar-refractivity contribution < 1.29 is 4.79 Å². The summed E-state index contributed by atoms with van der Waals surface area (Å²) < 4.78 is 0. The summed E-state index contributed by atoms with van der Waals surface area (Å²) in [5.74, 6) is 0.179. The van der Waals surface area contributed by atoms with Gasteiger partial charge in [-0.25, -0.2) is 0 Å². The lowest BCUT2D eigenvalue weighted by molar-refractivity contribution is -0.131. The van der Waals surface area contributed by atoms with Crippen molar-refractivity contribution >= 4 is 17.2 Å². The van der Waals surface area contributed by atoms with Gasteiger partial charge in [0.15, 0.2) is 0 Å². The minimum Gasteiger partial charge on any atom is -0.353 e. The predicted molar refractivity (Wildman–Crippen MR) is 123 cm³/mol. The van der Waals surface area contributed by atoms with E-state index in [0.717, 1.165) is 43.6 Å². The van der Waals surface area contributed by atoms with E-state index in [2.05, 4.69) is 63.0 Å². The molecule has 0 radical (unpaired) electrons. The molecule has 1 fully saturated rings. The molecule has 1 amide bonds. The largest absolute Gasteiger partial charge is 0.353 e. The van der Waals surface area contributed by atoms with E-state index in [-0.39, 0.29) is 11.9 Å². The molecule has 0 bridgehead atoms. The van der Waals surface area contributed by atoms with Crippen LogP contribution in [0.2, 0.25) is 0 Å². The second-order valence-electron chi connectivity index (χ2n) is 8.57. The monoisotopic (exact) mass is 419 g/mol. The average Bonchev–Trinajstić information content (AvgIpc) is 3.40. The molecule has 1 atom stereocenters. The molecule has 0 unspecified atom stereocenters. The van der Waals surface area contributed by atoms with Crippen LogP contribution in [0, 0.1) is 5.41 Å². The maximum atomic E-state index is 13.3. The van der Waals surface area contributed by atoms with Crippen LogP contribution in [0.4, 0.5) is 0 Å². The van der Waals surface area contributed by atoms with Crippen molar-refractivity contribution in [2.24, 2.45) is 5.41 Å². The number of pyridine rings is 1. The van der Waals surface area contributed by atoms with Crippen molar-refractivity contribution in [3.8, 4) is 11.1 Å². The summed E-state index contributed by atoms with van der Waals surface area (Å²) in [6, 6.07) is 17.0. The van der Waals surface area contributed by atoms with Crippen LogP contribution in [0.15, 0.2) is 66.3 Å². The number of aromatic nitrogens is 1. The zero-order chi connectivity index (χ0) is 21.0. The van der Waals surface area contributed by atoms with Gasteiger partial charge in [-0.3, -0.25) is 14.7 Å². The number of thiophene rings is 1. The van der Waals surface area contributed by atoms with E-state index in [1.54, 1.807) is 17.5 Å². The van der Waals surface area contributed by atoms with E-state index in [9.17, 15) is 4.79 Å². The van der Waals surface area contributed by atoms with Crippen molar-refractivity contribution in [2.45, 2.75) is 39.3 Å². The Bertz CT molecular complexity index is 971. The summed E-state index contributed by atoms with van der Waals surface area (Å²) in [6.07, 6.45) is 5.31. The summed E-state index contributed by atoms with van der Waals surface area (Å²) in [7, 11) is 0. The normalized spacial score (nSPS) is 19.3. The number of amides is 1. The van der Waals surface area contributed by atoms with E-state index in [4.69, 9.17) is 0 Å². The van der Waals surface area contributed by atoms with Crippen molar-refractivity contribution in [3.63, 3.8) is 0 Å². The van der Waals surface area contributed by atoms with Crippen LogP contribution in [0.3, 0.4) is 0 Å². The third kappa shape index (κ3) is 4.79. The molecule has 4 rings (SSSR count). The molecule has 1 aliphatic rings. The predicted octanol–water partition coefficient (Wildman–Crippen LogP) is 4.77. The van der Waals surface area contributed by atoms with Gasteiger partial charge in [0.05, 0.1) is 5.41 Å². The van der Waals surface area contributed by atoms with Crippen LogP contribution < -0.4 is 5.32 Å². The van der Waals surface area contributed by atoms with Gasteiger partial charge in [0, 0.05) is 36.4 Å². The lowest BCUT2D eigenvalue weighted by Crippen LogP contribution is -2.46. The summed E-state index contributed by atoms with van der Waals surface area (Å²) in [4.78, 5) is 21.4. The maximum absolute atomic E-state index is 13.3. The second kappa shape index (κ2) is 9.11. The molecular weight excluding hydrogens is 390 g/mol. The van der Waals surface area contributed by atoms with E-state index >= 15 is 0 Å². The molecule has 4 nitrogen and oxygen atoms in total. The zero-order valence-corrected chi connectivity index (χ0v) is 18.5. The number of likely N-dealkylation sites (tertiary alicyclic amines) is 1. The van der Waals surface area contributed by atoms with Gasteiger partial charge in [-0.15, -0.1) is 11.3 Å². The van der Waals surface area contributed by atoms with Gasteiger partial charge in [-0.2, -0.15) is 0 Å². The molecule has 156 valence electrons. The molecule has 1 saturated heterocycles. The van der Waals surface area contributed by atoms with E-state index in [1.807, 2.05) is 26.1 Å². The molecule has 1 aromatic carbocycles. The Hall–Kier alpha value is -2.50. The first-order valence-electron chi connectivity index (χ1n) is 10.6. The van der Waals surface area contributed by atoms with E-state index < -0.39 is 5.41 Å². The molecule has 0 aliphatic carbocycles. The van der Waals surface area contributed by atoms with Crippen molar-refractivity contribution in [1.82, 2.24) is 15.2 Å². The van der Waals surface area contributed by atoms with Gasteiger partial charge in [-0.1, -0.05) is 36.4 Å². The lowest BCUT2D eigenvalue weighted by atomic mass is 9.79. The molecule has 1 N–H and O–H groups in total. The van der Waals surface area contributed by atoms with Gasteiger partial charge >= 0.3 is 0 Å². The Morgan fingerprint density at radius 1 is 1.20 bits per heavy atom. The Morgan fingerprint density at radius 3 is 2.80 bits per heavy atom. The summed E-state index contributed by atoms with van der Waals surface area (Å²) >= 11 is 1.78. The van der Waals surface area contributed by atoms with Crippen LogP contribution in [-0.2, 0) is 17.8 Å². The topological polar surface area (TPSA) is 45.2 Å². The van der Waals surface area contributed by atoms with Crippen molar-refractivity contribution in [2.75, 3.05) is 13.1 Å². The fourth-order valence-corrected chi connectivity index (χ4v) is 5.07. The minimum atomic E-state index is -0.394. The van der Waals surface area contributed by atoms with Crippen LogP contribution in [-0.4, -0.2) is 34.9 Å². The van der Waals surface area contributed by atoms with E-state index in [1.165, 1.54) is 10.4 Å². The van der Waals surface area contributed by atoms with Gasteiger partial charge < -0.3 is 5.32 Å². The quantitative estimate of drug-likeness (QED) is 0.600. The number of rotatable bonds is 7. The highest BCUT2D eigenvalue weighted by Crippen LogP contribution is 2.36. The number of hydrogen-bond donors (Lipinski definition) is 1. The summed E-state index contributed by atoms with van der Waals surface area (Å²) in [5, 5.41) is 5.32. The number of nitrogens with one attached hydrogen (secondary N) is 1. The first kappa shape index (κ1) is 20.8. The van der Waals surface area contributed by atoms with Gasteiger partial charge in [0.25, 0.3) is 0 Å². The smallest absolute Gasteiger partial charge is 0.228 e. The minimum absolute atomic E-state index is 0.141. The number of benzene rings is 1. The zero-order valence-electron chi connectivity index (χ0n) is 17.7. The Morgan fingerprint density at radius 2 is 2.07 bits per heavy atom. The van der Waals surface area contributed by atoms with Crippen LogP contribution in [0.5, 0.6) is 0 Å². The van der Waals surface area contributed by atoms with Crippen molar-refractivity contribution in [3.05, 3.63) is 76.7 Å². The molecule has 2 aromatic heterocycles. The molecular formula is C25H29N3OS. The van der Waals surface area contributed by atoms with E-state index in [0.29, 0.717) is 0 Å². The van der Waals surface area contributed by atoms with Gasteiger partial charge in [0.1, 0.15) is 0 Å². The fourth-order valence-electron chi connectivity index (χ4n) is 4.33. The Labute approximate surface area is 183 Å². The molecule has 0 spiro atoms. The molecule has 30 heavy (non-hydrogen) atoms. The highest BCUT2D eigenvalue weighted by molar-refractivity contribution is 7.09. The third-order valence-corrected chi connectivity index (χ3v) is 6.62. The van der Waals surface area contributed by atoms with Gasteiger partial charge in [0.2, 0.25) is 5.91 Å². The maximum Gasteiger partial charge on any atom is 0.228 e. The van der Waals surface area contributed by atoms with Crippen LogP contribution in [0.25, 0.3) is 11.1 Å². The number of carbonyl (C=O) groups is 1. The molecule has 1 aliphatic heterocycles. The highest BCUT2D eigenvalue weighted by atomic mass is 32.1. The van der Waals surface area contributed by atoms with Crippen LogP contribution in [0.1, 0.15) is 30.7 Å². The Balaban J connectivity index is 1.57. The molecule has 3 aromatic rings. The fraction of sp³-hybridized carbons (Fsp3) is 0.360. The molecule has 5 heteroatoms. The molecule has 3 heterocycles. The lowest BCUT2D eigenvalue weighted by Gasteiger charge is -2.30. The third-order valence-electron chi connectivity index (χ3n) is 5.76. The highest BCUT2D eigenvalue weighted by Gasteiger charge is 2.44. The van der Waals surface area contributed by atoms with Gasteiger partial charge in [-0.05, 0) is 67.4 Å². The van der Waals surface area contributed by atoms with Crippen LogP contribution >= 0.6 is 11.3 Å². The average molecular weight is 420 g/mol. The first-order valence-corrected chi connectivity index (χ1v) is 11.5. The summed E-state index contributed by atoms with van der Waals surface area (Å²) in [6.45, 7) is 6.73. The number of nitrogens with zero attached hydrogens (tertiary/aromatic N) is 2. The number of hydrogen-bond acceptors (Lipinski definition) is 4. The molecule has 0 saturated carbocycles. The second-order valence-corrected chi connectivity index (χ2v) is 9.60. The standard InChI is InChI=1S/C25H29N3OS/c1-19(2)27-24(29)25(10-12-28(18-25)17-23-9-5-13-30-23)15-20-6-3-7-21(14-20)22-8-4-11-26-16-22/h3-9,11,13-14,16,19H,10,12,15,17-18H2,1-2H3,(H,27,29)/t25-/m1/s1.